The van der Waals surface area contributed by atoms with Gasteiger partial charge in [-0.25, -0.2) is 22.0 Å². The molecule has 1 aliphatic rings. The minimum atomic E-state index is -3.48. The molecule has 0 atom stereocenters. The van der Waals surface area contributed by atoms with Crippen LogP contribution in [0.4, 0.5) is 8.78 Å². The molecule has 5 rings (SSSR count). The summed E-state index contributed by atoms with van der Waals surface area (Å²) in [5.41, 5.74) is 5.28. The van der Waals surface area contributed by atoms with Crippen LogP contribution in [0.2, 0.25) is 0 Å². The van der Waals surface area contributed by atoms with Gasteiger partial charge in [-0.15, -0.1) is 0 Å². The first kappa shape index (κ1) is 28.2. The molecular weight excluding hydrogens is 546 g/mol. The number of esters is 1. The highest BCUT2D eigenvalue weighted by molar-refractivity contribution is 7.90. The number of allylic oxidation sites excluding steroid dienone is 2. The normalized spacial score (nSPS) is 13.3. The third kappa shape index (κ3) is 6.89. The fourth-order valence-corrected chi connectivity index (χ4v) is 5.50. The molecule has 0 amide bonds. The lowest BCUT2D eigenvalue weighted by Gasteiger charge is -2.16. The second-order valence-corrected chi connectivity index (χ2v) is 12.0. The predicted molar refractivity (Wildman–Crippen MR) is 153 cm³/mol. The molecule has 0 aromatic heterocycles. The summed E-state index contributed by atoms with van der Waals surface area (Å²) in [6.45, 7) is 0.202. The fourth-order valence-electron chi connectivity index (χ4n) is 4.85. The molecule has 0 spiro atoms. The molecule has 210 valence electrons. The lowest BCUT2D eigenvalue weighted by molar-refractivity contribution is 0.0472. The van der Waals surface area contributed by atoms with E-state index >= 15 is 0 Å². The summed E-state index contributed by atoms with van der Waals surface area (Å²) >= 11 is 0. The van der Waals surface area contributed by atoms with Crippen LogP contribution in [0.1, 0.15) is 51.9 Å². The number of ether oxygens (including phenoxy) is 2. The summed E-state index contributed by atoms with van der Waals surface area (Å²) in [4.78, 5) is 13.0. The Kier molecular flexibility index (Phi) is 8.31. The summed E-state index contributed by atoms with van der Waals surface area (Å²) in [7, 11) is -3.48. The Labute approximate surface area is 238 Å². The van der Waals surface area contributed by atoms with E-state index in [1.165, 1.54) is 30.3 Å². The van der Waals surface area contributed by atoms with E-state index < -0.39 is 15.8 Å². The van der Waals surface area contributed by atoms with Gasteiger partial charge in [-0.05, 0) is 102 Å². The Balaban J connectivity index is 1.45. The SMILES string of the molecule is CS(=O)(=O)c1ccc(OCc2ccc(F)cc2)c(C2=C(c3cccc(C(=O)OCc4ccc(F)cc4)c3)CCC2)c1. The van der Waals surface area contributed by atoms with E-state index in [1.54, 1.807) is 54.6 Å². The fraction of sp³-hybridized carbons (Fsp3) is 0.182. The summed E-state index contributed by atoms with van der Waals surface area (Å²) in [5, 5.41) is 0. The molecule has 0 heterocycles. The first-order valence-electron chi connectivity index (χ1n) is 13.1. The van der Waals surface area contributed by atoms with Crippen LogP contribution in [0.3, 0.4) is 0 Å². The van der Waals surface area contributed by atoms with Crippen molar-refractivity contribution in [3.63, 3.8) is 0 Å². The van der Waals surface area contributed by atoms with E-state index in [0.29, 0.717) is 28.9 Å². The molecule has 5 nitrogen and oxygen atoms in total. The van der Waals surface area contributed by atoms with Gasteiger partial charge in [0.15, 0.2) is 9.84 Å². The Morgan fingerprint density at radius 2 is 1.41 bits per heavy atom. The van der Waals surface area contributed by atoms with Crippen molar-refractivity contribution in [3.05, 3.63) is 130 Å². The molecule has 4 aromatic rings. The number of rotatable bonds is 9. The van der Waals surface area contributed by atoms with Crippen LogP contribution >= 0.6 is 0 Å². The molecule has 0 fully saturated rings. The maximum absolute atomic E-state index is 13.3. The van der Waals surface area contributed by atoms with Crippen LogP contribution in [0.25, 0.3) is 11.1 Å². The van der Waals surface area contributed by atoms with Crippen molar-refractivity contribution >= 4 is 27.0 Å². The van der Waals surface area contributed by atoms with Gasteiger partial charge in [0.05, 0.1) is 10.5 Å². The van der Waals surface area contributed by atoms with Gasteiger partial charge in [0, 0.05) is 11.8 Å². The number of halogens is 2. The van der Waals surface area contributed by atoms with Crippen molar-refractivity contribution < 1.29 is 31.5 Å². The number of hydrogen-bond donors (Lipinski definition) is 0. The van der Waals surface area contributed by atoms with E-state index in [4.69, 9.17) is 9.47 Å². The molecular formula is C33H28F2O5S. The molecule has 0 saturated heterocycles. The zero-order valence-corrected chi connectivity index (χ0v) is 23.2. The Morgan fingerprint density at radius 1 is 0.780 bits per heavy atom. The van der Waals surface area contributed by atoms with Crippen LogP contribution in [-0.2, 0) is 27.8 Å². The lowest BCUT2D eigenvalue weighted by atomic mass is 9.95. The molecule has 0 unspecified atom stereocenters. The minimum absolute atomic E-state index is 0.0182. The molecule has 41 heavy (non-hydrogen) atoms. The van der Waals surface area contributed by atoms with Crippen LogP contribution in [0.5, 0.6) is 5.75 Å². The third-order valence-corrected chi connectivity index (χ3v) is 8.07. The smallest absolute Gasteiger partial charge is 0.338 e. The van der Waals surface area contributed by atoms with E-state index in [2.05, 4.69) is 0 Å². The minimum Gasteiger partial charge on any atom is -0.488 e. The number of hydrogen-bond acceptors (Lipinski definition) is 5. The standard InChI is InChI=1S/C33H28F2O5S/c1-41(37,38)28-16-17-32(39-20-22-8-12-26(34)13-9-22)31(19-28)30-7-3-6-29(30)24-4-2-5-25(18-24)33(36)40-21-23-10-14-27(35)15-11-23/h2,4-5,8-19H,3,6-7,20-21H2,1H3. The first-order valence-corrected chi connectivity index (χ1v) is 15.0. The second kappa shape index (κ2) is 12.1. The second-order valence-electron chi connectivity index (χ2n) is 9.94. The lowest BCUT2D eigenvalue weighted by Crippen LogP contribution is -2.06. The Morgan fingerprint density at radius 3 is 2.07 bits per heavy atom. The molecule has 0 aliphatic heterocycles. The number of benzene rings is 4. The largest absolute Gasteiger partial charge is 0.488 e. The van der Waals surface area contributed by atoms with E-state index in [9.17, 15) is 22.0 Å². The number of carbonyl (C=O) groups excluding carboxylic acids is 1. The highest BCUT2D eigenvalue weighted by Crippen LogP contribution is 2.43. The highest BCUT2D eigenvalue weighted by Gasteiger charge is 2.23. The number of carbonyl (C=O) groups is 1. The van der Waals surface area contributed by atoms with Gasteiger partial charge in [-0.1, -0.05) is 36.4 Å². The third-order valence-electron chi connectivity index (χ3n) is 6.96. The maximum Gasteiger partial charge on any atom is 0.338 e. The molecule has 0 saturated carbocycles. The average Bonchev–Trinajstić information content (AvgIpc) is 3.46. The number of sulfone groups is 1. The summed E-state index contributed by atoms with van der Waals surface area (Å²) in [5.74, 6) is -0.682. The van der Waals surface area contributed by atoms with Gasteiger partial charge in [0.2, 0.25) is 0 Å². The van der Waals surface area contributed by atoms with Crippen LogP contribution in [0, 0.1) is 11.6 Å². The molecule has 0 N–H and O–H groups in total. The Hall–Kier alpha value is -4.30. The van der Waals surface area contributed by atoms with E-state index in [-0.39, 0.29) is 29.7 Å². The Bertz CT molecular complexity index is 1710. The first-order chi connectivity index (χ1) is 19.7. The summed E-state index contributed by atoms with van der Waals surface area (Å²) in [6.07, 6.45) is 3.46. The summed E-state index contributed by atoms with van der Waals surface area (Å²) in [6, 6.07) is 23.7. The van der Waals surface area contributed by atoms with Gasteiger partial charge in [-0.3, -0.25) is 0 Å². The van der Waals surface area contributed by atoms with Gasteiger partial charge in [-0.2, -0.15) is 0 Å². The van der Waals surface area contributed by atoms with Crippen LogP contribution in [0.15, 0.2) is 95.9 Å². The van der Waals surface area contributed by atoms with E-state index in [1.807, 2.05) is 6.07 Å². The van der Waals surface area contributed by atoms with Gasteiger partial charge >= 0.3 is 5.97 Å². The molecule has 1 aliphatic carbocycles. The van der Waals surface area contributed by atoms with Gasteiger partial charge in [0.25, 0.3) is 0 Å². The van der Waals surface area contributed by atoms with Crippen molar-refractivity contribution in [2.75, 3.05) is 6.26 Å². The van der Waals surface area contributed by atoms with Crippen molar-refractivity contribution in [3.8, 4) is 5.75 Å². The van der Waals surface area contributed by atoms with Crippen molar-refractivity contribution in [2.45, 2.75) is 37.4 Å². The predicted octanol–water partition coefficient (Wildman–Crippen LogP) is 7.40. The summed E-state index contributed by atoms with van der Waals surface area (Å²) < 4.78 is 62.9. The van der Waals surface area contributed by atoms with Crippen molar-refractivity contribution in [2.24, 2.45) is 0 Å². The van der Waals surface area contributed by atoms with Crippen molar-refractivity contribution in [1.29, 1.82) is 0 Å². The quantitative estimate of drug-likeness (QED) is 0.195. The van der Waals surface area contributed by atoms with Crippen LogP contribution < -0.4 is 4.74 Å². The van der Waals surface area contributed by atoms with Crippen LogP contribution in [-0.4, -0.2) is 20.6 Å². The topological polar surface area (TPSA) is 69.7 Å². The molecule has 4 aromatic carbocycles. The zero-order chi connectivity index (χ0) is 29.0. The molecule has 8 heteroatoms. The zero-order valence-electron chi connectivity index (χ0n) is 22.4. The maximum atomic E-state index is 13.3. The molecule has 0 bridgehead atoms. The monoisotopic (exact) mass is 574 g/mol. The molecule has 0 radical (unpaired) electrons. The van der Waals surface area contributed by atoms with Crippen molar-refractivity contribution in [1.82, 2.24) is 0 Å². The van der Waals surface area contributed by atoms with Gasteiger partial charge < -0.3 is 9.47 Å². The van der Waals surface area contributed by atoms with E-state index in [0.717, 1.165) is 41.4 Å². The average molecular weight is 575 g/mol. The van der Waals surface area contributed by atoms with Gasteiger partial charge in [0.1, 0.15) is 30.6 Å². The highest BCUT2D eigenvalue weighted by atomic mass is 32.2.